The summed E-state index contributed by atoms with van der Waals surface area (Å²) in [6.45, 7) is 5.36. The van der Waals surface area contributed by atoms with E-state index in [4.69, 9.17) is 0 Å². The molecule has 3 N–H and O–H groups in total. The fourth-order valence-electron chi connectivity index (χ4n) is 1.07. The van der Waals surface area contributed by atoms with Crippen molar-refractivity contribution in [2.45, 2.75) is 36.4 Å². The quantitative estimate of drug-likeness (QED) is 0.709. The summed E-state index contributed by atoms with van der Waals surface area (Å²) in [7, 11) is 1.75. The molecule has 19 heavy (non-hydrogen) atoms. The maximum Gasteiger partial charge on any atom is 0.321 e. The van der Waals surface area contributed by atoms with Gasteiger partial charge in [0.25, 0.3) is 0 Å². The van der Waals surface area contributed by atoms with Gasteiger partial charge in [-0.3, -0.25) is 10.1 Å². The lowest BCUT2D eigenvalue weighted by Gasteiger charge is -2.11. The number of carbonyl (C=O) groups is 2. The molecule has 0 aliphatic rings. The Hall–Kier alpha value is -1.35. The Labute approximate surface area is 119 Å². The maximum atomic E-state index is 11.8. The van der Waals surface area contributed by atoms with E-state index in [0.717, 1.165) is 0 Å². The van der Waals surface area contributed by atoms with Crippen LogP contribution in [0.1, 0.15) is 20.8 Å². The fourth-order valence-corrected chi connectivity index (χ4v) is 2.92. The number of carbonyl (C=O) groups excluding carboxylic acids is 2. The molecular weight excluding hydrogens is 286 g/mol. The maximum absolute atomic E-state index is 11.8. The van der Waals surface area contributed by atoms with Crippen LogP contribution in [0, 0.1) is 0 Å². The fraction of sp³-hybridized carbons (Fsp3) is 0.600. The van der Waals surface area contributed by atoms with Crippen LogP contribution in [0.3, 0.4) is 0 Å². The lowest BCUT2D eigenvalue weighted by molar-refractivity contribution is -0.119. The summed E-state index contributed by atoms with van der Waals surface area (Å²) in [4.78, 5) is 23.1. The van der Waals surface area contributed by atoms with Gasteiger partial charge in [0.05, 0.1) is 5.25 Å². The number of nitrogens with zero attached hydrogens (tertiary/aromatic N) is 2. The molecule has 1 aromatic heterocycles. The zero-order valence-corrected chi connectivity index (χ0v) is 12.8. The van der Waals surface area contributed by atoms with Crippen molar-refractivity contribution in [3.05, 3.63) is 0 Å². The second-order valence-corrected chi connectivity index (χ2v) is 6.57. The molecule has 0 radical (unpaired) electrons. The van der Waals surface area contributed by atoms with Crippen LogP contribution < -0.4 is 16.0 Å². The molecule has 0 bridgehead atoms. The molecule has 7 nitrogen and oxygen atoms in total. The van der Waals surface area contributed by atoms with Crippen LogP contribution in [0.2, 0.25) is 0 Å². The van der Waals surface area contributed by atoms with Crippen LogP contribution in [-0.4, -0.2) is 40.5 Å². The van der Waals surface area contributed by atoms with Gasteiger partial charge in [-0.2, -0.15) is 0 Å². The molecule has 1 atom stereocenters. The largest absolute Gasteiger partial charge is 0.363 e. The Morgan fingerprint density at radius 2 is 1.95 bits per heavy atom. The molecule has 0 aliphatic carbocycles. The van der Waals surface area contributed by atoms with Crippen molar-refractivity contribution in [2.24, 2.45) is 0 Å². The first-order valence-electron chi connectivity index (χ1n) is 5.71. The molecule has 0 spiro atoms. The Morgan fingerprint density at radius 3 is 2.47 bits per heavy atom. The Kier molecular flexibility index (Phi) is 6.03. The first kappa shape index (κ1) is 15.7. The number of hydrogen-bond acceptors (Lipinski definition) is 7. The van der Waals surface area contributed by atoms with Gasteiger partial charge in [-0.15, -0.1) is 10.2 Å². The molecule has 1 aromatic rings. The van der Waals surface area contributed by atoms with E-state index in [0.29, 0.717) is 9.47 Å². The summed E-state index contributed by atoms with van der Waals surface area (Å²) >= 11 is 2.62. The van der Waals surface area contributed by atoms with E-state index in [1.165, 1.54) is 23.1 Å². The number of hydrogen-bond donors (Lipinski definition) is 3. The van der Waals surface area contributed by atoms with Crippen LogP contribution in [0.25, 0.3) is 0 Å². The Balaban J connectivity index is 2.46. The van der Waals surface area contributed by atoms with Gasteiger partial charge >= 0.3 is 6.03 Å². The SMILES string of the molecule is CNc1nnc(S[C@H](C)C(=O)NC(=O)NC(C)C)s1. The van der Waals surface area contributed by atoms with Gasteiger partial charge in [-0.1, -0.05) is 23.1 Å². The van der Waals surface area contributed by atoms with Gasteiger partial charge in [0.2, 0.25) is 11.0 Å². The standard InChI is InChI=1S/C10H17N5O2S2/c1-5(2)12-8(17)13-7(16)6(3)18-10-15-14-9(11-4)19-10/h5-6H,1-4H3,(H,11,14)(H2,12,13,16,17)/t6-/m1/s1. The second-order valence-electron chi connectivity index (χ2n) is 4.00. The summed E-state index contributed by atoms with van der Waals surface area (Å²) in [5, 5.41) is 15.8. The highest BCUT2D eigenvalue weighted by atomic mass is 32.2. The number of urea groups is 1. The van der Waals surface area contributed by atoms with E-state index >= 15 is 0 Å². The minimum Gasteiger partial charge on any atom is -0.363 e. The average Bonchev–Trinajstić information content (AvgIpc) is 2.75. The number of thioether (sulfide) groups is 1. The zero-order valence-electron chi connectivity index (χ0n) is 11.2. The first-order chi connectivity index (χ1) is 8.92. The highest BCUT2D eigenvalue weighted by molar-refractivity contribution is 8.02. The third kappa shape index (κ3) is 5.43. The molecule has 0 unspecified atom stereocenters. The van der Waals surface area contributed by atoms with Crippen LogP contribution >= 0.6 is 23.1 Å². The number of amides is 3. The van der Waals surface area contributed by atoms with Crippen molar-refractivity contribution in [1.82, 2.24) is 20.8 Å². The second kappa shape index (κ2) is 7.29. The van der Waals surface area contributed by atoms with Gasteiger partial charge in [-0.05, 0) is 20.8 Å². The molecule has 9 heteroatoms. The van der Waals surface area contributed by atoms with Gasteiger partial charge in [0.15, 0.2) is 4.34 Å². The number of aromatic nitrogens is 2. The number of anilines is 1. The normalized spacial score (nSPS) is 12.1. The molecule has 0 aliphatic heterocycles. The minimum absolute atomic E-state index is 0.0166. The minimum atomic E-state index is -0.486. The van der Waals surface area contributed by atoms with Crippen molar-refractivity contribution in [3.63, 3.8) is 0 Å². The van der Waals surface area contributed by atoms with Crippen molar-refractivity contribution in [2.75, 3.05) is 12.4 Å². The first-order valence-corrected chi connectivity index (χ1v) is 7.41. The van der Waals surface area contributed by atoms with E-state index < -0.39 is 11.3 Å². The molecule has 106 valence electrons. The average molecular weight is 303 g/mol. The lowest BCUT2D eigenvalue weighted by atomic mass is 10.4. The van der Waals surface area contributed by atoms with Crippen LogP contribution in [0.5, 0.6) is 0 Å². The van der Waals surface area contributed by atoms with Gasteiger partial charge in [-0.25, -0.2) is 4.79 Å². The van der Waals surface area contributed by atoms with Crippen molar-refractivity contribution < 1.29 is 9.59 Å². The van der Waals surface area contributed by atoms with Crippen LogP contribution in [0.15, 0.2) is 4.34 Å². The highest BCUT2D eigenvalue weighted by Crippen LogP contribution is 2.28. The lowest BCUT2D eigenvalue weighted by Crippen LogP contribution is -2.45. The molecule has 1 rings (SSSR count). The summed E-state index contributed by atoms with van der Waals surface area (Å²) in [5.41, 5.74) is 0. The Bertz CT molecular complexity index is 449. The van der Waals surface area contributed by atoms with Gasteiger partial charge < -0.3 is 10.6 Å². The topological polar surface area (TPSA) is 96.0 Å². The predicted molar refractivity (Wildman–Crippen MR) is 76.6 cm³/mol. The van der Waals surface area contributed by atoms with E-state index in [2.05, 4.69) is 26.1 Å². The van der Waals surface area contributed by atoms with Crippen molar-refractivity contribution >= 4 is 40.2 Å². The summed E-state index contributed by atoms with van der Waals surface area (Å²) in [5.74, 6) is -0.357. The molecular formula is C10H17N5O2S2. The summed E-state index contributed by atoms with van der Waals surface area (Å²) < 4.78 is 0.677. The summed E-state index contributed by atoms with van der Waals surface area (Å²) in [6, 6.07) is -0.502. The van der Waals surface area contributed by atoms with E-state index in [1.807, 2.05) is 13.8 Å². The van der Waals surface area contributed by atoms with Crippen molar-refractivity contribution in [3.8, 4) is 0 Å². The van der Waals surface area contributed by atoms with Crippen molar-refractivity contribution in [1.29, 1.82) is 0 Å². The molecule has 0 saturated heterocycles. The molecule has 0 aromatic carbocycles. The van der Waals surface area contributed by atoms with Gasteiger partial charge in [0, 0.05) is 13.1 Å². The van der Waals surface area contributed by atoms with E-state index in [9.17, 15) is 9.59 Å². The monoisotopic (exact) mass is 303 g/mol. The third-order valence-electron chi connectivity index (χ3n) is 1.92. The third-order valence-corrected chi connectivity index (χ3v) is 4.05. The number of imide groups is 1. The molecule has 1 heterocycles. The summed E-state index contributed by atoms with van der Waals surface area (Å²) in [6.07, 6.45) is 0. The number of nitrogens with one attached hydrogen (secondary N) is 3. The van der Waals surface area contributed by atoms with E-state index in [-0.39, 0.29) is 11.9 Å². The molecule has 0 saturated carbocycles. The molecule has 3 amide bonds. The smallest absolute Gasteiger partial charge is 0.321 e. The van der Waals surface area contributed by atoms with Gasteiger partial charge in [0.1, 0.15) is 0 Å². The van der Waals surface area contributed by atoms with E-state index in [1.54, 1.807) is 14.0 Å². The highest BCUT2D eigenvalue weighted by Gasteiger charge is 2.19. The molecule has 0 fully saturated rings. The number of rotatable bonds is 5. The Morgan fingerprint density at radius 1 is 1.26 bits per heavy atom. The van der Waals surface area contributed by atoms with Crippen LogP contribution in [0.4, 0.5) is 9.93 Å². The zero-order chi connectivity index (χ0) is 14.4. The predicted octanol–water partition coefficient (Wildman–Crippen LogP) is 1.29. The van der Waals surface area contributed by atoms with Crippen LogP contribution in [-0.2, 0) is 4.79 Å².